The minimum absolute atomic E-state index is 0.548. The van der Waals surface area contributed by atoms with Gasteiger partial charge in [-0.1, -0.05) is 97.1 Å². The smallest absolute Gasteiger partial charge is 0.145 e. The van der Waals surface area contributed by atoms with Crippen LogP contribution in [0.4, 0.5) is 0 Å². The van der Waals surface area contributed by atoms with Crippen molar-refractivity contribution in [2.24, 2.45) is 0 Å². The molecule has 4 aromatic heterocycles. The van der Waals surface area contributed by atoms with Crippen LogP contribution in [0.3, 0.4) is 0 Å². The number of fused-ring (bicyclic) bond motifs is 14. The summed E-state index contributed by atoms with van der Waals surface area (Å²) in [6.45, 7) is 0. The van der Waals surface area contributed by atoms with Crippen molar-refractivity contribution in [3.05, 3.63) is 193 Å². The molecule has 0 spiro atoms. The highest BCUT2D eigenvalue weighted by atomic mass is 16.3. The van der Waals surface area contributed by atoms with E-state index in [9.17, 15) is 10.5 Å². The van der Waals surface area contributed by atoms with Gasteiger partial charge in [-0.2, -0.15) is 10.5 Å². The summed E-state index contributed by atoms with van der Waals surface area (Å²) in [5, 5.41) is 28.8. The Labute approximate surface area is 353 Å². The standard InChI is InChI=1S/C56H30N4O2/c57-31-33-17-19-34(20-18-33)35-21-22-40(37(27-35)32-58)36-28-38(59-47-13-5-1-11-45(47)53-49(59)25-23-43-41-9-3-7-15-51(41)61-55(43)53)30-39(29-36)60-48-14-6-2-12-46(48)54-50(60)26-24-44-42-10-4-8-16-52(42)62-56(44)54/h1-30H. The van der Waals surface area contributed by atoms with Crippen LogP contribution in [0.2, 0.25) is 0 Å². The van der Waals surface area contributed by atoms with E-state index >= 15 is 0 Å². The fourth-order valence-electron chi connectivity index (χ4n) is 9.84. The van der Waals surface area contributed by atoms with Crippen molar-refractivity contribution in [3.8, 4) is 45.8 Å². The fourth-order valence-corrected chi connectivity index (χ4v) is 9.84. The molecule has 13 aromatic rings. The molecule has 0 amide bonds. The van der Waals surface area contributed by atoms with Gasteiger partial charge < -0.3 is 18.0 Å². The van der Waals surface area contributed by atoms with E-state index in [1.807, 2.05) is 48.5 Å². The first-order valence-corrected chi connectivity index (χ1v) is 20.5. The molecule has 4 heterocycles. The SMILES string of the molecule is N#Cc1ccc(-c2ccc(-c3cc(-n4c5ccccc5c5c6oc7ccccc7c6ccc54)cc(-n4c5ccccc5c5c6oc7ccccc7c6ccc54)c3)c(C#N)c2)cc1. The van der Waals surface area contributed by atoms with Gasteiger partial charge in [0.15, 0.2) is 0 Å². The Bertz CT molecular complexity index is 3920. The molecule has 0 radical (unpaired) electrons. The van der Waals surface area contributed by atoms with E-state index in [1.54, 1.807) is 12.1 Å². The maximum Gasteiger partial charge on any atom is 0.145 e. The second-order valence-electron chi connectivity index (χ2n) is 15.9. The lowest BCUT2D eigenvalue weighted by Crippen LogP contribution is -2.00. The summed E-state index contributed by atoms with van der Waals surface area (Å²) >= 11 is 0. The van der Waals surface area contributed by atoms with Crippen molar-refractivity contribution in [2.75, 3.05) is 0 Å². The minimum atomic E-state index is 0.548. The molecule has 0 bridgehead atoms. The molecule has 0 unspecified atom stereocenters. The predicted octanol–water partition coefficient (Wildman–Crippen LogP) is 14.8. The zero-order valence-electron chi connectivity index (χ0n) is 32.9. The quantitative estimate of drug-likeness (QED) is 0.178. The molecular formula is C56H30N4O2. The highest BCUT2D eigenvalue weighted by Crippen LogP contribution is 2.44. The molecule has 0 N–H and O–H groups in total. The molecule has 0 saturated carbocycles. The van der Waals surface area contributed by atoms with E-state index < -0.39 is 0 Å². The van der Waals surface area contributed by atoms with Gasteiger partial charge in [-0.3, -0.25) is 0 Å². The average molecular weight is 791 g/mol. The largest absolute Gasteiger partial charge is 0.455 e. The molecule has 0 fully saturated rings. The van der Waals surface area contributed by atoms with E-state index in [1.165, 1.54) is 0 Å². The molecule has 0 aliphatic carbocycles. The number of hydrogen-bond acceptors (Lipinski definition) is 4. The Morgan fingerprint density at radius 3 is 1.40 bits per heavy atom. The lowest BCUT2D eigenvalue weighted by Gasteiger charge is -2.17. The summed E-state index contributed by atoms with van der Waals surface area (Å²) in [4.78, 5) is 0. The second-order valence-corrected chi connectivity index (χ2v) is 15.9. The third kappa shape index (κ3) is 4.78. The molecule has 286 valence electrons. The van der Waals surface area contributed by atoms with Gasteiger partial charge >= 0.3 is 0 Å². The van der Waals surface area contributed by atoms with Crippen LogP contribution < -0.4 is 0 Å². The summed E-state index contributed by atoms with van der Waals surface area (Å²) in [7, 11) is 0. The monoisotopic (exact) mass is 790 g/mol. The van der Waals surface area contributed by atoms with Crippen molar-refractivity contribution in [1.82, 2.24) is 9.13 Å². The number of benzene rings is 9. The molecule has 6 heteroatoms. The Morgan fingerprint density at radius 2 is 0.871 bits per heavy atom. The number of para-hydroxylation sites is 4. The molecule has 62 heavy (non-hydrogen) atoms. The number of hydrogen-bond donors (Lipinski definition) is 0. The summed E-state index contributed by atoms with van der Waals surface area (Å²) in [6, 6.07) is 67.1. The molecule has 6 nitrogen and oxygen atoms in total. The first kappa shape index (κ1) is 34.1. The van der Waals surface area contributed by atoms with Crippen LogP contribution in [0, 0.1) is 22.7 Å². The predicted molar refractivity (Wildman–Crippen MR) is 250 cm³/mol. The van der Waals surface area contributed by atoms with Gasteiger partial charge in [-0.05, 0) is 107 Å². The lowest BCUT2D eigenvalue weighted by molar-refractivity contribution is 0.672. The van der Waals surface area contributed by atoms with Crippen molar-refractivity contribution in [3.63, 3.8) is 0 Å². The Balaban J connectivity index is 1.12. The zero-order chi connectivity index (χ0) is 41.1. The van der Waals surface area contributed by atoms with Gasteiger partial charge in [-0.15, -0.1) is 0 Å². The first-order valence-electron chi connectivity index (χ1n) is 20.5. The Kier molecular flexibility index (Phi) is 7.05. The van der Waals surface area contributed by atoms with Crippen LogP contribution in [0.1, 0.15) is 11.1 Å². The maximum atomic E-state index is 10.8. The number of nitrogens with zero attached hydrogens (tertiary/aromatic N) is 4. The Hall–Kier alpha value is -8.84. The molecule has 13 rings (SSSR count). The molecular weight excluding hydrogens is 761 g/mol. The molecule has 0 aliphatic rings. The van der Waals surface area contributed by atoms with Crippen molar-refractivity contribution < 1.29 is 8.83 Å². The lowest BCUT2D eigenvalue weighted by atomic mass is 9.94. The fraction of sp³-hybridized carbons (Fsp3) is 0. The van der Waals surface area contributed by atoms with Gasteiger partial charge in [0.25, 0.3) is 0 Å². The van der Waals surface area contributed by atoms with Crippen LogP contribution in [0.15, 0.2) is 191 Å². The number of rotatable bonds is 4. The normalized spacial score (nSPS) is 11.8. The summed E-state index contributed by atoms with van der Waals surface area (Å²) in [5.74, 6) is 0. The van der Waals surface area contributed by atoms with Gasteiger partial charge in [-0.25, -0.2) is 0 Å². The van der Waals surface area contributed by atoms with Crippen LogP contribution in [0.25, 0.3) is 121 Å². The highest BCUT2D eigenvalue weighted by Gasteiger charge is 2.23. The van der Waals surface area contributed by atoms with Gasteiger partial charge in [0.2, 0.25) is 0 Å². The summed E-state index contributed by atoms with van der Waals surface area (Å²) in [5.41, 5.74) is 14.1. The minimum Gasteiger partial charge on any atom is -0.455 e. The molecule has 0 aliphatic heterocycles. The van der Waals surface area contributed by atoms with Crippen LogP contribution in [-0.2, 0) is 0 Å². The highest BCUT2D eigenvalue weighted by molar-refractivity contribution is 6.25. The van der Waals surface area contributed by atoms with Crippen molar-refractivity contribution >= 4 is 87.5 Å². The molecule has 9 aromatic carbocycles. The second kappa shape index (κ2) is 12.8. The third-order valence-electron chi connectivity index (χ3n) is 12.6. The van der Waals surface area contributed by atoms with Gasteiger partial charge in [0.1, 0.15) is 22.3 Å². The summed E-state index contributed by atoms with van der Waals surface area (Å²) in [6.07, 6.45) is 0. The van der Waals surface area contributed by atoms with Gasteiger partial charge in [0.05, 0.1) is 56.1 Å². The molecule has 0 saturated heterocycles. The average Bonchev–Trinajstić information content (AvgIpc) is 4.09. The summed E-state index contributed by atoms with van der Waals surface area (Å²) < 4.78 is 18.0. The van der Waals surface area contributed by atoms with E-state index in [2.05, 4.69) is 143 Å². The topological polar surface area (TPSA) is 83.7 Å². The number of nitriles is 2. The van der Waals surface area contributed by atoms with Gasteiger partial charge in [0, 0.05) is 43.7 Å². The van der Waals surface area contributed by atoms with Crippen LogP contribution >= 0.6 is 0 Å². The maximum absolute atomic E-state index is 10.8. The van der Waals surface area contributed by atoms with Crippen LogP contribution in [-0.4, -0.2) is 9.13 Å². The number of aromatic nitrogens is 2. The Morgan fingerprint density at radius 1 is 0.371 bits per heavy atom. The van der Waals surface area contributed by atoms with E-state index in [4.69, 9.17) is 8.83 Å². The van der Waals surface area contributed by atoms with E-state index in [-0.39, 0.29) is 0 Å². The van der Waals surface area contributed by atoms with E-state index in [0.717, 1.165) is 121 Å². The third-order valence-corrected chi connectivity index (χ3v) is 12.6. The van der Waals surface area contributed by atoms with Crippen molar-refractivity contribution in [1.29, 1.82) is 10.5 Å². The number of furan rings is 2. The first-order chi connectivity index (χ1) is 30.6. The van der Waals surface area contributed by atoms with Crippen LogP contribution in [0.5, 0.6) is 0 Å². The molecule has 0 atom stereocenters. The van der Waals surface area contributed by atoms with E-state index in [0.29, 0.717) is 11.1 Å². The van der Waals surface area contributed by atoms with Crippen molar-refractivity contribution in [2.45, 2.75) is 0 Å². The zero-order valence-corrected chi connectivity index (χ0v) is 32.9.